The Kier molecular flexibility index (Phi) is 8.23. The van der Waals surface area contributed by atoms with Crippen molar-refractivity contribution >= 4 is 41.7 Å². The molecule has 5 nitrogen and oxygen atoms in total. The van der Waals surface area contributed by atoms with Gasteiger partial charge in [-0.25, -0.2) is 4.99 Å². The molecule has 2 rings (SSSR count). The summed E-state index contributed by atoms with van der Waals surface area (Å²) < 4.78 is 5.56. The highest BCUT2D eigenvalue weighted by Crippen LogP contribution is 2.36. The maximum absolute atomic E-state index is 10.5. The molecule has 2 atom stereocenters. The molecule has 3 N–H and O–H groups in total. The molecule has 1 fully saturated rings. The molecule has 2 unspecified atom stereocenters. The third-order valence-electron chi connectivity index (χ3n) is 3.87. The highest BCUT2D eigenvalue weighted by Gasteiger charge is 2.30. The molecule has 0 radical (unpaired) electrons. The molecule has 1 aromatic heterocycles. The number of nitrogens with one attached hydrogen (secondary N) is 2. The smallest absolute Gasteiger partial charge is 0.191 e. The van der Waals surface area contributed by atoms with Gasteiger partial charge < -0.3 is 20.2 Å². The number of hydrogen-bond acceptors (Lipinski definition) is 4. The first-order valence-electron chi connectivity index (χ1n) is 7.88. The molecule has 1 aliphatic heterocycles. The van der Waals surface area contributed by atoms with Crippen LogP contribution in [0.1, 0.15) is 39.4 Å². The monoisotopic (exact) mass is 453 g/mol. The standard InChI is InChI=1S/C16H27N3O2S.HI/c1-4-17-14(18-11-15(2)8-6-10-22-15)19-12-16(3,20)13-7-5-9-21-13;/h5,7,9,20H,4,6,8,10-12H2,1-3H3,(H2,17,18,19);1H. The molecule has 1 aromatic rings. The lowest BCUT2D eigenvalue weighted by Crippen LogP contribution is -2.44. The van der Waals surface area contributed by atoms with Gasteiger partial charge in [0.05, 0.1) is 12.8 Å². The zero-order valence-electron chi connectivity index (χ0n) is 14.1. The predicted octanol–water partition coefficient (Wildman–Crippen LogP) is 2.95. The summed E-state index contributed by atoms with van der Waals surface area (Å²) in [6, 6.07) is 3.54. The van der Waals surface area contributed by atoms with E-state index in [4.69, 9.17) is 4.42 Å². The summed E-state index contributed by atoms with van der Waals surface area (Å²) in [5.41, 5.74) is -1.10. The van der Waals surface area contributed by atoms with Crippen molar-refractivity contribution in [2.24, 2.45) is 4.99 Å². The Morgan fingerprint density at radius 2 is 2.30 bits per heavy atom. The van der Waals surface area contributed by atoms with Crippen molar-refractivity contribution in [2.75, 3.05) is 25.4 Å². The molecule has 0 amide bonds. The van der Waals surface area contributed by atoms with Gasteiger partial charge in [-0.05, 0) is 51.5 Å². The van der Waals surface area contributed by atoms with Crippen LogP contribution in [0.5, 0.6) is 0 Å². The van der Waals surface area contributed by atoms with E-state index in [1.807, 2.05) is 18.7 Å². The molecule has 0 aliphatic carbocycles. The van der Waals surface area contributed by atoms with Crippen molar-refractivity contribution in [3.05, 3.63) is 24.2 Å². The fraction of sp³-hybridized carbons (Fsp3) is 0.688. The average molecular weight is 453 g/mol. The van der Waals surface area contributed by atoms with E-state index in [9.17, 15) is 5.11 Å². The summed E-state index contributed by atoms with van der Waals surface area (Å²) in [4.78, 5) is 4.51. The molecule has 2 heterocycles. The molecule has 0 bridgehead atoms. The van der Waals surface area contributed by atoms with Crippen LogP contribution < -0.4 is 10.6 Å². The Morgan fingerprint density at radius 1 is 1.52 bits per heavy atom. The van der Waals surface area contributed by atoms with Crippen LogP contribution in [0.4, 0.5) is 0 Å². The van der Waals surface area contributed by atoms with E-state index >= 15 is 0 Å². The molecule has 0 spiro atoms. The quantitative estimate of drug-likeness (QED) is 0.351. The van der Waals surface area contributed by atoms with Gasteiger partial charge in [0.25, 0.3) is 0 Å². The first-order valence-corrected chi connectivity index (χ1v) is 8.86. The molecule has 7 heteroatoms. The van der Waals surface area contributed by atoms with Gasteiger partial charge in [-0.15, -0.1) is 24.0 Å². The van der Waals surface area contributed by atoms with Crippen LogP contribution in [0, 0.1) is 0 Å². The molecule has 132 valence electrons. The Balaban J connectivity index is 0.00000264. The van der Waals surface area contributed by atoms with Gasteiger partial charge in [0.1, 0.15) is 11.4 Å². The summed E-state index contributed by atoms with van der Waals surface area (Å²) in [6.45, 7) is 7.96. The van der Waals surface area contributed by atoms with Gasteiger partial charge in [0.2, 0.25) is 0 Å². The topological polar surface area (TPSA) is 69.8 Å². The molecule has 0 aromatic carbocycles. The molecular formula is C16H28IN3O2S. The van der Waals surface area contributed by atoms with E-state index < -0.39 is 5.60 Å². The van der Waals surface area contributed by atoms with E-state index in [0.29, 0.717) is 5.76 Å². The molecule has 1 saturated heterocycles. The van der Waals surface area contributed by atoms with Gasteiger partial charge >= 0.3 is 0 Å². The summed E-state index contributed by atoms with van der Waals surface area (Å²) in [6.07, 6.45) is 4.08. The van der Waals surface area contributed by atoms with Crippen molar-refractivity contribution in [2.45, 2.75) is 44.0 Å². The second-order valence-corrected chi connectivity index (χ2v) is 7.88. The second-order valence-electron chi connectivity index (χ2n) is 6.20. The van der Waals surface area contributed by atoms with E-state index in [1.54, 1.807) is 25.3 Å². The Morgan fingerprint density at radius 3 is 2.87 bits per heavy atom. The van der Waals surface area contributed by atoms with Gasteiger partial charge in [-0.2, -0.15) is 11.8 Å². The number of nitrogens with zero attached hydrogens (tertiary/aromatic N) is 1. The Labute approximate surface area is 160 Å². The molecular weight excluding hydrogens is 425 g/mol. The highest BCUT2D eigenvalue weighted by atomic mass is 127. The number of thioether (sulfide) groups is 1. The van der Waals surface area contributed by atoms with Crippen LogP contribution in [0.3, 0.4) is 0 Å². The third-order valence-corrected chi connectivity index (χ3v) is 5.41. The number of halogens is 1. The zero-order valence-corrected chi connectivity index (χ0v) is 17.2. The Hall–Kier alpha value is -0.410. The third kappa shape index (κ3) is 6.19. The maximum atomic E-state index is 10.5. The fourth-order valence-electron chi connectivity index (χ4n) is 2.48. The lowest BCUT2D eigenvalue weighted by Gasteiger charge is -2.25. The highest BCUT2D eigenvalue weighted by molar-refractivity contribution is 14.0. The summed E-state index contributed by atoms with van der Waals surface area (Å²) in [5, 5.41) is 17.1. The van der Waals surface area contributed by atoms with Gasteiger partial charge in [-0.3, -0.25) is 0 Å². The van der Waals surface area contributed by atoms with Crippen LogP contribution in [-0.2, 0) is 5.60 Å². The van der Waals surface area contributed by atoms with Crippen LogP contribution in [0.25, 0.3) is 0 Å². The SMILES string of the molecule is CCNC(=NCC(C)(O)c1ccco1)NCC1(C)CCCS1.I. The first kappa shape index (κ1) is 20.6. The van der Waals surface area contributed by atoms with Crippen LogP contribution in [0.15, 0.2) is 27.8 Å². The number of rotatable bonds is 6. The van der Waals surface area contributed by atoms with E-state index in [1.165, 1.54) is 18.6 Å². The van der Waals surface area contributed by atoms with Gasteiger partial charge in [0.15, 0.2) is 5.96 Å². The summed E-state index contributed by atoms with van der Waals surface area (Å²) in [5.74, 6) is 2.51. The summed E-state index contributed by atoms with van der Waals surface area (Å²) in [7, 11) is 0. The van der Waals surface area contributed by atoms with Crippen molar-refractivity contribution in [1.29, 1.82) is 0 Å². The van der Waals surface area contributed by atoms with E-state index in [-0.39, 0.29) is 35.3 Å². The van der Waals surface area contributed by atoms with E-state index in [0.717, 1.165) is 19.0 Å². The van der Waals surface area contributed by atoms with Crippen LogP contribution in [-0.4, -0.2) is 41.2 Å². The lowest BCUT2D eigenvalue weighted by molar-refractivity contribution is 0.0437. The fourth-order valence-corrected chi connectivity index (χ4v) is 3.73. The number of guanidine groups is 1. The number of aliphatic hydroxyl groups is 1. The minimum absolute atomic E-state index is 0. The second kappa shape index (κ2) is 9.17. The van der Waals surface area contributed by atoms with Crippen molar-refractivity contribution < 1.29 is 9.52 Å². The molecule has 1 aliphatic rings. The van der Waals surface area contributed by atoms with Crippen LogP contribution in [0.2, 0.25) is 0 Å². The largest absolute Gasteiger partial charge is 0.466 e. The van der Waals surface area contributed by atoms with Gasteiger partial charge in [0, 0.05) is 17.8 Å². The predicted molar refractivity (Wildman–Crippen MR) is 108 cm³/mol. The van der Waals surface area contributed by atoms with Gasteiger partial charge in [-0.1, -0.05) is 0 Å². The van der Waals surface area contributed by atoms with Crippen molar-refractivity contribution in [1.82, 2.24) is 10.6 Å². The number of aliphatic imine (C=N–C) groups is 1. The number of hydrogen-bond donors (Lipinski definition) is 3. The normalized spacial score (nSPS) is 23.9. The van der Waals surface area contributed by atoms with Crippen molar-refractivity contribution in [3.63, 3.8) is 0 Å². The number of furan rings is 1. The zero-order chi connectivity index (χ0) is 16.1. The lowest BCUT2D eigenvalue weighted by atomic mass is 10.0. The minimum Gasteiger partial charge on any atom is -0.466 e. The first-order chi connectivity index (χ1) is 10.5. The van der Waals surface area contributed by atoms with Crippen molar-refractivity contribution in [3.8, 4) is 0 Å². The Bertz CT molecular complexity index is 486. The molecule has 0 saturated carbocycles. The minimum atomic E-state index is -1.10. The van der Waals surface area contributed by atoms with E-state index in [2.05, 4.69) is 22.5 Å². The average Bonchev–Trinajstić information content (AvgIpc) is 3.14. The maximum Gasteiger partial charge on any atom is 0.191 e. The summed E-state index contributed by atoms with van der Waals surface area (Å²) >= 11 is 2.02. The van der Waals surface area contributed by atoms with Crippen LogP contribution >= 0.6 is 35.7 Å². The molecule has 23 heavy (non-hydrogen) atoms.